The van der Waals surface area contributed by atoms with Crippen LogP contribution >= 0.6 is 0 Å². The summed E-state index contributed by atoms with van der Waals surface area (Å²) in [5, 5.41) is 5.34. The minimum Gasteiger partial charge on any atom is -0.379 e. The summed E-state index contributed by atoms with van der Waals surface area (Å²) in [6.45, 7) is 0.576. The zero-order valence-electron chi connectivity index (χ0n) is 22.2. The number of anilines is 3. The lowest BCUT2D eigenvalue weighted by Crippen LogP contribution is -2.63. The van der Waals surface area contributed by atoms with Gasteiger partial charge in [0.05, 0.1) is 50.3 Å². The number of hydrogen-bond donors (Lipinski definition) is 1. The highest BCUT2D eigenvalue weighted by Gasteiger charge is 2.45. The van der Waals surface area contributed by atoms with Crippen LogP contribution in [0.15, 0.2) is 17.2 Å². The first kappa shape index (κ1) is 29.5. The Morgan fingerprint density at radius 2 is 1.81 bits per heavy atom. The number of piperazine rings is 1. The lowest BCUT2D eigenvalue weighted by atomic mass is 10.1. The molecule has 0 bridgehead atoms. The molecule has 1 N–H and O–H groups in total. The molecule has 2 saturated heterocycles. The van der Waals surface area contributed by atoms with Gasteiger partial charge in [0.2, 0.25) is 5.91 Å². The Balaban J connectivity index is 1.17. The number of aromatic amines is 1. The van der Waals surface area contributed by atoms with Gasteiger partial charge in [-0.2, -0.15) is 31.4 Å². The van der Waals surface area contributed by atoms with E-state index < -0.39 is 47.2 Å². The van der Waals surface area contributed by atoms with Gasteiger partial charge in [0.25, 0.3) is 11.5 Å². The fourth-order valence-corrected chi connectivity index (χ4v) is 5.48. The Morgan fingerprint density at radius 1 is 1.05 bits per heavy atom. The van der Waals surface area contributed by atoms with E-state index in [1.807, 2.05) is 5.10 Å². The number of halogens is 6. The molecular formula is C24H26F6N8O4. The van der Waals surface area contributed by atoms with E-state index >= 15 is 0 Å². The third kappa shape index (κ3) is 5.58. The van der Waals surface area contributed by atoms with Gasteiger partial charge in [-0.1, -0.05) is 0 Å². The van der Waals surface area contributed by atoms with Crippen LogP contribution in [-0.2, 0) is 26.7 Å². The van der Waals surface area contributed by atoms with Gasteiger partial charge >= 0.3 is 12.4 Å². The van der Waals surface area contributed by atoms with Crippen LogP contribution in [0.2, 0.25) is 0 Å². The van der Waals surface area contributed by atoms with Crippen LogP contribution in [0.25, 0.3) is 0 Å². The quantitative estimate of drug-likeness (QED) is 0.387. The fourth-order valence-electron chi connectivity index (χ4n) is 5.48. The van der Waals surface area contributed by atoms with Crippen LogP contribution in [0.3, 0.4) is 0 Å². The molecule has 2 amide bonds. The molecule has 228 valence electrons. The van der Waals surface area contributed by atoms with E-state index in [4.69, 9.17) is 4.74 Å². The van der Waals surface area contributed by atoms with Crippen LogP contribution < -0.4 is 20.3 Å². The lowest BCUT2D eigenvalue weighted by molar-refractivity contribution is -0.141. The summed E-state index contributed by atoms with van der Waals surface area (Å²) in [4.78, 5) is 50.7. The number of H-pyrrole nitrogens is 1. The largest absolute Gasteiger partial charge is 0.434 e. The summed E-state index contributed by atoms with van der Waals surface area (Å²) >= 11 is 0. The Bertz CT molecular complexity index is 1420. The van der Waals surface area contributed by atoms with Crippen molar-refractivity contribution in [2.24, 2.45) is 0 Å². The van der Waals surface area contributed by atoms with E-state index in [0.29, 0.717) is 19.0 Å². The lowest BCUT2D eigenvalue weighted by Gasteiger charge is -2.46. The number of nitrogens with zero attached hydrogens (tertiary/aromatic N) is 7. The first-order valence-corrected chi connectivity index (χ1v) is 13.0. The number of ether oxygens (including phenoxy) is 1. The van der Waals surface area contributed by atoms with Crippen molar-refractivity contribution in [1.82, 2.24) is 25.1 Å². The maximum atomic E-state index is 13.5. The molecular weight excluding hydrogens is 578 g/mol. The molecule has 2 aromatic rings. The normalized spacial score (nSPS) is 21.1. The van der Waals surface area contributed by atoms with Gasteiger partial charge in [-0.25, -0.2) is 15.1 Å². The topological polar surface area (TPSA) is 128 Å². The van der Waals surface area contributed by atoms with Crippen molar-refractivity contribution in [3.05, 3.63) is 34.0 Å². The minimum absolute atomic E-state index is 0.0175. The predicted molar refractivity (Wildman–Crippen MR) is 134 cm³/mol. The molecule has 0 aliphatic carbocycles. The Labute approximate surface area is 234 Å². The molecule has 0 aromatic carbocycles. The first-order valence-electron chi connectivity index (χ1n) is 13.0. The van der Waals surface area contributed by atoms with Crippen molar-refractivity contribution in [3.63, 3.8) is 0 Å². The van der Waals surface area contributed by atoms with Crippen molar-refractivity contribution in [2.75, 3.05) is 61.1 Å². The number of carbonyl (C=O) groups is 2. The SMILES string of the molecule is CN1C(=O)C2CN(C(=O)CCOC[C@@H]3CCCN3c3cn[nH]c(=O)c3C(F)(F)F)CCN2c2ncc(C(F)(F)F)nc21. The molecule has 2 fully saturated rings. The van der Waals surface area contributed by atoms with E-state index in [-0.39, 0.29) is 69.0 Å². The highest BCUT2D eigenvalue weighted by atomic mass is 19.4. The molecule has 0 spiro atoms. The summed E-state index contributed by atoms with van der Waals surface area (Å²) in [5.41, 5.74) is -4.20. The average Bonchev–Trinajstić information content (AvgIpc) is 3.40. The van der Waals surface area contributed by atoms with E-state index in [9.17, 15) is 40.7 Å². The van der Waals surface area contributed by atoms with Crippen molar-refractivity contribution in [2.45, 2.75) is 43.7 Å². The van der Waals surface area contributed by atoms with Crippen LogP contribution in [0.4, 0.5) is 43.7 Å². The molecule has 0 radical (unpaired) electrons. The third-order valence-electron chi connectivity index (χ3n) is 7.54. The molecule has 3 aliphatic heterocycles. The number of amides is 2. The molecule has 2 atom stereocenters. The smallest absolute Gasteiger partial charge is 0.379 e. The molecule has 0 saturated carbocycles. The highest BCUT2D eigenvalue weighted by Crippen LogP contribution is 2.38. The maximum Gasteiger partial charge on any atom is 0.434 e. The molecule has 12 nitrogen and oxygen atoms in total. The molecule has 5 rings (SSSR count). The van der Waals surface area contributed by atoms with Crippen LogP contribution in [0.5, 0.6) is 0 Å². The molecule has 5 heterocycles. The standard InChI is InChI=1S/C24H26F6N8O4/c1-35-20-19(31-10-16(33-20)23(25,26)27)38-7-6-36(11-15(38)22(35)41)17(39)4-8-42-12-13-3-2-5-37(13)14-9-32-34-21(40)18(14)24(28,29)30/h9-10,13,15H,2-8,11-12H2,1H3,(H,34,40)/t13-,15?/m0/s1. The van der Waals surface area contributed by atoms with Gasteiger partial charge in [-0.3, -0.25) is 19.3 Å². The van der Waals surface area contributed by atoms with Gasteiger partial charge in [-0.15, -0.1) is 0 Å². The van der Waals surface area contributed by atoms with Gasteiger partial charge < -0.3 is 19.4 Å². The number of rotatable bonds is 6. The Kier molecular flexibility index (Phi) is 7.76. The number of alkyl halides is 6. The second-order valence-corrected chi connectivity index (χ2v) is 10.1. The summed E-state index contributed by atoms with van der Waals surface area (Å²) in [7, 11) is 1.30. The molecule has 42 heavy (non-hydrogen) atoms. The summed E-state index contributed by atoms with van der Waals surface area (Å²) in [6.07, 6.45) is -6.98. The molecule has 18 heteroatoms. The van der Waals surface area contributed by atoms with Crippen LogP contribution in [-0.4, -0.2) is 95.4 Å². The number of likely N-dealkylation sites (N-methyl/N-ethyl adjacent to an activating group) is 1. The van der Waals surface area contributed by atoms with E-state index in [2.05, 4.69) is 15.1 Å². The monoisotopic (exact) mass is 604 g/mol. The van der Waals surface area contributed by atoms with Crippen molar-refractivity contribution in [1.29, 1.82) is 0 Å². The van der Waals surface area contributed by atoms with Crippen LogP contribution in [0.1, 0.15) is 30.5 Å². The number of carbonyl (C=O) groups excluding carboxylic acids is 2. The molecule has 1 unspecified atom stereocenters. The zero-order valence-corrected chi connectivity index (χ0v) is 22.2. The zero-order chi connectivity index (χ0) is 30.4. The minimum atomic E-state index is -4.87. The summed E-state index contributed by atoms with van der Waals surface area (Å²) in [6, 6.07) is -1.31. The number of hydrogen-bond acceptors (Lipinski definition) is 9. The van der Waals surface area contributed by atoms with Gasteiger partial charge in [0.15, 0.2) is 17.3 Å². The van der Waals surface area contributed by atoms with E-state index in [0.717, 1.165) is 11.1 Å². The second kappa shape index (κ2) is 11.0. The molecule has 3 aliphatic rings. The Morgan fingerprint density at radius 3 is 2.52 bits per heavy atom. The van der Waals surface area contributed by atoms with Gasteiger partial charge in [0.1, 0.15) is 11.6 Å². The second-order valence-electron chi connectivity index (χ2n) is 10.1. The maximum absolute atomic E-state index is 13.5. The number of aromatic nitrogens is 4. The fraction of sp³-hybridized carbons (Fsp3) is 0.583. The number of fused-ring (bicyclic) bond motifs is 3. The summed E-state index contributed by atoms with van der Waals surface area (Å²) < 4.78 is 85.5. The van der Waals surface area contributed by atoms with Gasteiger partial charge in [0, 0.05) is 26.7 Å². The highest BCUT2D eigenvalue weighted by molar-refractivity contribution is 6.04. The van der Waals surface area contributed by atoms with Crippen molar-refractivity contribution >= 4 is 29.1 Å². The van der Waals surface area contributed by atoms with E-state index in [1.165, 1.54) is 16.8 Å². The first-order chi connectivity index (χ1) is 19.8. The van der Waals surface area contributed by atoms with Gasteiger partial charge in [-0.05, 0) is 12.8 Å². The van der Waals surface area contributed by atoms with Crippen molar-refractivity contribution in [3.8, 4) is 0 Å². The number of nitrogens with one attached hydrogen (secondary N) is 1. The third-order valence-corrected chi connectivity index (χ3v) is 7.54. The van der Waals surface area contributed by atoms with Crippen molar-refractivity contribution < 1.29 is 40.7 Å². The average molecular weight is 605 g/mol. The summed E-state index contributed by atoms with van der Waals surface area (Å²) in [5.74, 6) is -0.941. The van der Waals surface area contributed by atoms with Crippen LogP contribution in [0, 0.1) is 0 Å². The predicted octanol–water partition coefficient (Wildman–Crippen LogP) is 1.67. The van der Waals surface area contributed by atoms with E-state index in [1.54, 1.807) is 4.90 Å². The Hall–Kier alpha value is -3.96. The molecule has 2 aromatic heterocycles.